The highest BCUT2D eigenvalue weighted by Crippen LogP contribution is 2.36. The zero-order chi connectivity index (χ0) is 13.2. The molecule has 4 nitrogen and oxygen atoms in total. The number of rotatable bonds is 3. The molecule has 2 N–H and O–H groups in total. The molecule has 4 heteroatoms. The Hall–Kier alpha value is -0.610. The lowest BCUT2D eigenvalue weighted by molar-refractivity contribution is -0.143. The Labute approximate surface area is 110 Å². The van der Waals surface area contributed by atoms with Crippen LogP contribution in [-0.4, -0.2) is 48.2 Å². The van der Waals surface area contributed by atoms with E-state index >= 15 is 0 Å². The third-order valence-electron chi connectivity index (χ3n) is 4.89. The first-order chi connectivity index (χ1) is 8.59. The summed E-state index contributed by atoms with van der Waals surface area (Å²) in [7, 11) is 0. The van der Waals surface area contributed by atoms with Crippen molar-refractivity contribution in [1.82, 2.24) is 10.2 Å². The topological polar surface area (TPSA) is 52.6 Å². The zero-order valence-electron chi connectivity index (χ0n) is 11.6. The van der Waals surface area contributed by atoms with E-state index in [0.29, 0.717) is 5.91 Å². The van der Waals surface area contributed by atoms with Crippen molar-refractivity contribution in [3.63, 3.8) is 0 Å². The minimum absolute atomic E-state index is 0.140. The van der Waals surface area contributed by atoms with Crippen molar-refractivity contribution in [3.8, 4) is 0 Å². The van der Waals surface area contributed by atoms with Crippen LogP contribution in [0.2, 0.25) is 0 Å². The number of hydrogen-bond acceptors (Lipinski definition) is 3. The third kappa shape index (κ3) is 2.54. The molecule has 2 heterocycles. The molecule has 0 radical (unpaired) electrons. The lowest BCUT2D eigenvalue weighted by Gasteiger charge is -2.38. The van der Waals surface area contributed by atoms with E-state index in [0.717, 1.165) is 51.9 Å². The second kappa shape index (κ2) is 5.57. The smallest absolute Gasteiger partial charge is 0.228 e. The highest BCUT2D eigenvalue weighted by Gasteiger charge is 2.42. The Morgan fingerprint density at radius 3 is 2.67 bits per heavy atom. The number of aliphatic hydroxyl groups is 1. The summed E-state index contributed by atoms with van der Waals surface area (Å²) in [5.41, 5.74) is -0.140. The molecular weight excluding hydrogens is 228 g/mol. The average molecular weight is 254 g/mol. The van der Waals surface area contributed by atoms with Gasteiger partial charge in [-0.05, 0) is 45.7 Å². The molecule has 2 unspecified atom stereocenters. The maximum absolute atomic E-state index is 12.7. The summed E-state index contributed by atoms with van der Waals surface area (Å²) in [6, 6.07) is 0. The average Bonchev–Trinajstić information content (AvgIpc) is 2.88. The summed E-state index contributed by atoms with van der Waals surface area (Å²) in [5, 5.41) is 13.0. The molecule has 0 aromatic heterocycles. The molecule has 0 spiro atoms. The first kappa shape index (κ1) is 13.8. The molecule has 0 bridgehead atoms. The Bertz CT molecular complexity index is 298. The molecule has 2 saturated heterocycles. The number of nitrogens with zero attached hydrogens (tertiary/aromatic N) is 1. The van der Waals surface area contributed by atoms with Gasteiger partial charge in [0.05, 0.1) is 11.5 Å². The Balaban J connectivity index is 2.02. The van der Waals surface area contributed by atoms with Crippen LogP contribution in [0.1, 0.15) is 39.5 Å². The number of carbonyl (C=O) groups is 1. The predicted molar refractivity (Wildman–Crippen MR) is 71.2 cm³/mol. The fraction of sp³-hybridized carbons (Fsp3) is 0.929. The Morgan fingerprint density at radius 1 is 1.50 bits per heavy atom. The van der Waals surface area contributed by atoms with Crippen LogP contribution in [0.4, 0.5) is 0 Å². The highest BCUT2D eigenvalue weighted by atomic mass is 16.3. The van der Waals surface area contributed by atoms with Crippen LogP contribution in [0.3, 0.4) is 0 Å². The van der Waals surface area contributed by atoms with Gasteiger partial charge in [-0.1, -0.05) is 6.92 Å². The molecular formula is C14H26N2O2. The SMILES string of the molecule is CCC1(C(=O)N2CCC(C(C)O)C2)CCNCC1. The summed E-state index contributed by atoms with van der Waals surface area (Å²) >= 11 is 0. The molecule has 104 valence electrons. The van der Waals surface area contributed by atoms with Gasteiger partial charge < -0.3 is 15.3 Å². The van der Waals surface area contributed by atoms with Crippen LogP contribution >= 0.6 is 0 Å². The number of nitrogens with one attached hydrogen (secondary N) is 1. The predicted octanol–water partition coefficient (Wildman–Crippen LogP) is 0.995. The van der Waals surface area contributed by atoms with Gasteiger partial charge in [-0.25, -0.2) is 0 Å². The van der Waals surface area contributed by atoms with E-state index < -0.39 is 0 Å². The quantitative estimate of drug-likeness (QED) is 0.790. The number of aliphatic hydroxyl groups excluding tert-OH is 1. The molecule has 2 aliphatic rings. The van der Waals surface area contributed by atoms with Crippen molar-refractivity contribution in [1.29, 1.82) is 0 Å². The van der Waals surface area contributed by atoms with Gasteiger partial charge in [0.25, 0.3) is 0 Å². The van der Waals surface area contributed by atoms with E-state index in [9.17, 15) is 9.90 Å². The standard InChI is InChI=1S/C14H26N2O2/c1-3-14(5-7-15-8-6-14)13(18)16-9-4-12(10-16)11(2)17/h11-12,15,17H,3-10H2,1-2H3. The van der Waals surface area contributed by atoms with Gasteiger partial charge in [0.1, 0.15) is 0 Å². The summed E-state index contributed by atoms with van der Waals surface area (Å²) < 4.78 is 0. The van der Waals surface area contributed by atoms with Gasteiger partial charge in [0.15, 0.2) is 0 Å². The van der Waals surface area contributed by atoms with E-state index in [2.05, 4.69) is 12.2 Å². The Morgan fingerprint density at radius 2 is 2.17 bits per heavy atom. The van der Waals surface area contributed by atoms with Gasteiger partial charge in [-0.2, -0.15) is 0 Å². The second-order valence-electron chi connectivity index (χ2n) is 5.92. The monoisotopic (exact) mass is 254 g/mol. The maximum Gasteiger partial charge on any atom is 0.228 e. The number of hydrogen-bond donors (Lipinski definition) is 2. The van der Waals surface area contributed by atoms with E-state index in [4.69, 9.17) is 0 Å². The van der Waals surface area contributed by atoms with Gasteiger partial charge in [0, 0.05) is 19.0 Å². The van der Waals surface area contributed by atoms with E-state index in [1.165, 1.54) is 0 Å². The molecule has 0 saturated carbocycles. The van der Waals surface area contributed by atoms with Crippen molar-refractivity contribution in [2.45, 2.75) is 45.6 Å². The minimum atomic E-state index is -0.298. The van der Waals surface area contributed by atoms with Crippen LogP contribution < -0.4 is 5.32 Å². The summed E-state index contributed by atoms with van der Waals surface area (Å²) in [4.78, 5) is 14.7. The van der Waals surface area contributed by atoms with Crippen molar-refractivity contribution in [2.24, 2.45) is 11.3 Å². The number of carbonyl (C=O) groups excluding carboxylic acids is 1. The van der Waals surface area contributed by atoms with Gasteiger partial charge in [0.2, 0.25) is 5.91 Å². The normalized spacial score (nSPS) is 29.3. The Kier molecular flexibility index (Phi) is 4.28. The summed E-state index contributed by atoms with van der Waals surface area (Å²) in [6.45, 7) is 7.43. The number of piperidine rings is 1. The first-order valence-corrected chi connectivity index (χ1v) is 7.27. The van der Waals surface area contributed by atoms with E-state index in [-0.39, 0.29) is 17.4 Å². The third-order valence-corrected chi connectivity index (χ3v) is 4.89. The van der Waals surface area contributed by atoms with E-state index in [1.54, 1.807) is 0 Å². The molecule has 18 heavy (non-hydrogen) atoms. The van der Waals surface area contributed by atoms with Crippen molar-refractivity contribution in [3.05, 3.63) is 0 Å². The molecule has 2 fully saturated rings. The maximum atomic E-state index is 12.7. The lowest BCUT2D eigenvalue weighted by Crippen LogP contribution is -2.48. The lowest BCUT2D eigenvalue weighted by atomic mass is 9.75. The molecule has 0 aromatic carbocycles. The molecule has 2 atom stereocenters. The first-order valence-electron chi connectivity index (χ1n) is 7.27. The second-order valence-corrected chi connectivity index (χ2v) is 5.92. The molecule has 2 aliphatic heterocycles. The van der Waals surface area contributed by atoms with Crippen LogP contribution in [0.5, 0.6) is 0 Å². The highest BCUT2D eigenvalue weighted by molar-refractivity contribution is 5.83. The van der Waals surface area contributed by atoms with Crippen molar-refractivity contribution in [2.75, 3.05) is 26.2 Å². The number of likely N-dealkylation sites (tertiary alicyclic amines) is 1. The molecule has 0 aliphatic carbocycles. The summed E-state index contributed by atoms with van der Waals surface area (Å²) in [5.74, 6) is 0.597. The van der Waals surface area contributed by atoms with Crippen LogP contribution in [0.15, 0.2) is 0 Å². The molecule has 1 amide bonds. The molecule has 0 aromatic rings. The van der Waals surface area contributed by atoms with Crippen molar-refractivity contribution < 1.29 is 9.90 Å². The van der Waals surface area contributed by atoms with Crippen LogP contribution in [0.25, 0.3) is 0 Å². The largest absolute Gasteiger partial charge is 0.393 e. The summed E-state index contributed by atoms with van der Waals surface area (Å²) in [6.07, 6.45) is 3.50. The number of amides is 1. The fourth-order valence-electron chi connectivity index (χ4n) is 3.32. The van der Waals surface area contributed by atoms with Crippen molar-refractivity contribution >= 4 is 5.91 Å². The zero-order valence-corrected chi connectivity index (χ0v) is 11.6. The minimum Gasteiger partial charge on any atom is -0.393 e. The van der Waals surface area contributed by atoms with Gasteiger partial charge >= 0.3 is 0 Å². The van der Waals surface area contributed by atoms with Gasteiger partial charge in [-0.15, -0.1) is 0 Å². The molecule has 2 rings (SSSR count). The van der Waals surface area contributed by atoms with Crippen LogP contribution in [-0.2, 0) is 4.79 Å². The fourth-order valence-corrected chi connectivity index (χ4v) is 3.32. The van der Waals surface area contributed by atoms with Gasteiger partial charge in [-0.3, -0.25) is 4.79 Å². The van der Waals surface area contributed by atoms with E-state index in [1.807, 2.05) is 11.8 Å². The van der Waals surface area contributed by atoms with Crippen LogP contribution in [0, 0.1) is 11.3 Å².